The van der Waals surface area contributed by atoms with E-state index >= 15 is 0 Å². The van der Waals surface area contributed by atoms with Crippen molar-refractivity contribution >= 4 is 11.3 Å². The van der Waals surface area contributed by atoms with Crippen molar-refractivity contribution in [1.82, 2.24) is 4.90 Å². The van der Waals surface area contributed by atoms with E-state index in [0.717, 1.165) is 13.1 Å². The molecular weight excluding hydrogens is 180 g/mol. The van der Waals surface area contributed by atoms with Gasteiger partial charge in [-0.1, -0.05) is 0 Å². The Morgan fingerprint density at radius 3 is 2.69 bits per heavy atom. The Morgan fingerprint density at radius 1 is 1.46 bits per heavy atom. The van der Waals surface area contributed by atoms with Gasteiger partial charge < -0.3 is 10.6 Å². The highest BCUT2D eigenvalue weighted by atomic mass is 32.1. The molecule has 2 rings (SSSR count). The van der Waals surface area contributed by atoms with E-state index in [1.165, 1.54) is 9.75 Å². The summed E-state index contributed by atoms with van der Waals surface area (Å²) in [4.78, 5) is 5.15. The highest BCUT2D eigenvalue weighted by molar-refractivity contribution is 7.12. The first kappa shape index (κ1) is 9.19. The van der Waals surface area contributed by atoms with Gasteiger partial charge in [-0.05, 0) is 26.1 Å². The molecule has 1 aliphatic rings. The average molecular weight is 196 g/mol. The van der Waals surface area contributed by atoms with Crippen molar-refractivity contribution in [1.29, 1.82) is 0 Å². The molecule has 0 saturated carbocycles. The Kier molecular flexibility index (Phi) is 2.41. The van der Waals surface area contributed by atoms with Crippen molar-refractivity contribution in [2.45, 2.75) is 18.9 Å². The Morgan fingerprint density at radius 2 is 2.23 bits per heavy atom. The zero-order valence-electron chi connectivity index (χ0n) is 8.16. The molecule has 1 fully saturated rings. The fraction of sp³-hybridized carbons (Fsp3) is 0.600. The van der Waals surface area contributed by atoms with Crippen molar-refractivity contribution in [3.05, 3.63) is 21.9 Å². The van der Waals surface area contributed by atoms with Gasteiger partial charge in [-0.15, -0.1) is 11.3 Å². The minimum absolute atomic E-state index is 0.322. The van der Waals surface area contributed by atoms with Gasteiger partial charge in [-0.2, -0.15) is 0 Å². The third kappa shape index (κ3) is 1.77. The van der Waals surface area contributed by atoms with Gasteiger partial charge in [0, 0.05) is 34.8 Å². The van der Waals surface area contributed by atoms with Crippen LogP contribution in [0, 0.1) is 6.92 Å². The number of nitrogens with two attached hydrogens (primary N) is 1. The molecule has 0 radical (unpaired) electrons. The molecule has 72 valence electrons. The fourth-order valence-electron chi connectivity index (χ4n) is 1.99. The Hall–Kier alpha value is -0.380. The molecule has 2 nitrogen and oxygen atoms in total. The van der Waals surface area contributed by atoms with Crippen LogP contribution in [0.5, 0.6) is 0 Å². The van der Waals surface area contributed by atoms with Crippen LogP contribution in [0.15, 0.2) is 12.1 Å². The van der Waals surface area contributed by atoms with Gasteiger partial charge >= 0.3 is 0 Å². The number of nitrogens with zero attached hydrogens (tertiary/aromatic N) is 1. The molecule has 0 aliphatic carbocycles. The van der Waals surface area contributed by atoms with Gasteiger partial charge in [0.15, 0.2) is 0 Å². The third-order valence-electron chi connectivity index (χ3n) is 2.67. The smallest absolute Gasteiger partial charge is 0.0257 e. The van der Waals surface area contributed by atoms with Crippen LogP contribution in [0.25, 0.3) is 0 Å². The normalized spacial score (nSPS) is 29.8. The van der Waals surface area contributed by atoms with E-state index in [-0.39, 0.29) is 0 Å². The van der Waals surface area contributed by atoms with Gasteiger partial charge in [-0.25, -0.2) is 0 Å². The highest BCUT2D eigenvalue weighted by Gasteiger charge is 2.29. The molecular formula is C10H16N2S. The van der Waals surface area contributed by atoms with Crippen LogP contribution in [0.1, 0.15) is 15.7 Å². The van der Waals surface area contributed by atoms with Gasteiger partial charge in [0.2, 0.25) is 0 Å². The molecule has 0 spiro atoms. The summed E-state index contributed by atoms with van der Waals surface area (Å²) in [6, 6.07) is 4.73. The first-order valence-corrected chi connectivity index (χ1v) is 5.49. The predicted molar refractivity (Wildman–Crippen MR) is 57.3 cm³/mol. The highest BCUT2D eigenvalue weighted by Crippen LogP contribution is 2.30. The number of hydrogen-bond acceptors (Lipinski definition) is 3. The van der Waals surface area contributed by atoms with E-state index in [0.29, 0.717) is 12.0 Å². The summed E-state index contributed by atoms with van der Waals surface area (Å²) in [5.41, 5.74) is 6.08. The van der Waals surface area contributed by atoms with Crippen LogP contribution in [-0.4, -0.2) is 31.1 Å². The lowest BCUT2D eigenvalue weighted by atomic mass is 10.0. The van der Waals surface area contributed by atoms with Crippen LogP contribution in [0.2, 0.25) is 0 Å². The molecule has 2 N–H and O–H groups in total. The fourth-order valence-corrected chi connectivity index (χ4v) is 3.03. The number of hydrogen-bond donors (Lipinski definition) is 1. The Bertz CT molecular complexity index is 295. The third-order valence-corrected chi connectivity index (χ3v) is 3.81. The quantitative estimate of drug-likeness (QED) is 0.736. The van der Waals surface area contributed by atoms with Gasteiger partial charge in [0.05, 0.1) is 0 Å². The number of likely N-dealkylation sites (N-methyl/N-ethyl adjacent to an activating group) is 1. The summed E-state index contributed by atoms with van der Waals surface area (Å²) in [7, 11) is 2.14. The first-order chi connectivity index (χ1) is 6.16. The zero-order valence-corrected chi connectivity index (χ0v) is 8.97. The molecule has 1 saturated heterocycles. The van der Waals surface area contributed by atoms with E-state index < -0.39 is 0 Å². The topological polar surface area (TPSA) is 29.3 Å². The van der Waals surface area contributed by atoms with Crippen LogP contribution in [0.4, 0.5) is 0 Å². The largest absolute Gasteiger partial charge is 0.326 e. The second-order valence-electron chi connectivity index (χ2n) is 3.94. The first-order valence-electron chi connectivity index (χ1n) is 4.67. The summed E-state index contributed by atoms with van der Waals surface area (Å²) >= 11 is 1.88. The zero-order chi connectivity index (χ0) is 9.42. The standard InChI is InChI=1S/C10H16N2S/c1-7-3-4-10(13-7)8-5-12(2)6-9(8)11/h3-4,8-9H,5-6,11H2,1-2H3/t8-,9-/m1/s1. The SMILES string of the molecule is Cc1ccc([C@@H]2CN(C)C[C@H]2N)s1. The summed E-state index contributed by atoms with van der Waals surface area (Å²) < 4.78 is 0. The molecule has 13 heavy (non-hydrogen) atoms. The van der Waals surface area contributed by atoms with Gasteiger partial charge in [0.1, 0.15) is 0 Å². The van der Waals surface area contributed by atoms with E-state index in [1.807, 2.05) is 11.3 Å². The average Bonchev–Trinajstić information content (AvgIpc) is 2.58. The molecule has 1 aromatic rings. The minimum atomic E-state index is 0.322. The van der Waals surface area contributed by atoms with Crippen LogP contribution in [-0.2, 0) is 0 Å². The van der Waals surface area contributed by atoms with E-state index in [9.17, 15) is 0 Å². The lowest BCUT2D eigenvalue weighted by molar-refractivity contribution is 0.408. The minimum Gasteiger partial charge on any atom is -0.326 e. The summed E-state index contributed by atoms with van der Waals surface area (Å²) in [5.74, 6) is 0.559. The van der Waals surface area contributed by atoms with Gasteiger partial charge in [0.25, 0.3) is 0 Å². The Balaban J connectivity index is 2.17. The van der Waals surface area contributed by atoms with E-state index in [1.54, 1.807) is 0 Å². The summed E-state index contributed by atoms with van der Waals surface area (Å²) in [6.07, 6.45) is 0. The van der Waals surface area contributed by atoms with Crippen molar-refractivity contribution in [3.63, 3.8) is 0 Å². The van der Waals surface area contributed by atoms with E-state index in [4.69, 9.17) is 5.73 Å². The number of rotatable bonds is 1. The molecule has 0 amide bonds. The molecule has 0 aromatic carbocycles. The maximum atomic E-state index is 6.08. The molecule has 2 heterocycles. The number of aryl methyl sites for hydroxylation is 1. The summed E-state index contributed by atoms with van der Waals surface area (Å²) in [6.45, 7) is 4.29. The maximum absolute atomic E-state index is 6.08. The lowest BCUT2D eigenvalue weighted by Gasteiger charge is -2.11. The maximum Gasteiger partial charge on any atom is 0.0257 e. The van der Waals surface area contributed by atoms with Crippen LogP contribution < -0.4 is 5.73 Å². The van der Waals surface area contributed by atoms with Crippen molar-refractivity contribution < 1.29 is 0 Å². The molecule has 0 unspecified atom stereocenters. The molecule has 3 heteroatoms. The van der Waals surface area contributed by atoms with Crippen molar-refractivity contribution in [2.24, 2.45) is 5.73 Å². The van der Waals surface area contributed by atoms with Crippen molar-refractivity contribution in [3.8, 4) is 0 Å². The monoisotopic (exact) mass is 196 g/mol. The van der Waals surface area contributed by atoms with Crippen LogP contribution >= 0.6 is 11.3 Å². The predicted octanol–water partition coefficient (Wildman–Crippen LogP) is 1.41. The summed E-state index contributed by atoms with van der Waals surface area (Å²) in [5, 5.41) is 0. The Labute approximate surface area is 83.4 Å². The van der Waals surface area contributed by atoms with Crippen molar-refractivity contribution in [2.75, 3.05) is 20.1 Å². The molecule has 2 atom stereocenters. The molecule has 1 aromatic heterocycles. The number of likely N-dealkylation sites (tertiary alicyclic amines) is 1. The number of thiophene rings is 1. The lowest BCUT2D eigenvalue weighted by Crippen LogP contribution is -2.27. The molecule has 0 bridgehead atoms. The second-order valence-corrected chi connectivity index (χ2v) is 5.26. The van der Waals surface area contributed by atoms with Crippen LogP contribution in [0.3, 0.4) is 0 Å². The van der Waals surface area contributed by atoms with Gasteiger partial charge in [-0.3, -0.25) is 0 Å². The van der Waals surface area contributed by atoms with E-state index in [2.05, 4.69) is 31.0 Å². The second kappa shape index (κ2) is 3.40. The molecule has 1 aliphatic heterocycles.